The molecule has 3 aromatic carbocycles. The Hall–Kier alpha value is -7.56. The zero-order valence-corrected chi connectivity index (χ0v) is 29.8. The Morgan fingerprint density at radius 1 is 0.167 bits per heavy atom. The van der Waals surface area contributed by atoms with Gasteiger partial charge in [-0.05, 0) is 106 Å². The van der Waals surface area contributed by atoms with Crippen molar-refractivity contribution < 1.29 is 0 Å². The van der Waals surface area contributed by atoms with Crippen LogP contribution < -0.4 is 0 Å². The molecule has 3 aromatic rings. The molecule has 0 bridgehead atoms. The Labute approximate surface area is 319 Å². The number of rotatable bonds is 0. The Kier molecular flexibility index (Phi) is 11.7. The summed E-state index contributed by atoms with van der Waals surface area (Å²) in [4.78, 5) is 0. The van der Waals surface area contributed by atoms with E-state index in [9.17, 15) is 0 Å². The van der Waals surface area contributed by atoms with Gasteiger partial charge in [0.1, 0.15) is 0 Å². The Balaban J connectivity index is 0.000000125. The van der Waals surface area contributed by atoms with Crippen molar-refractivity contribution in [2.75, 3.05) is 0 Å². The predicted molar refractivity (Wildman–Crippen MR) is 226 cm³/mol. The van der Waals surface area contributed by atoms with Crippen molar-refractivity contribution in [2.45, 2.75) is 0 Å². The maximum absolute atomic E-state index is 3.21. The summed E-state index contributed by atoms with van der Waals surface area (Å²) in [6, 6.07) is 74.1. The summed E-state index contributed by atoms with van der Waals surface area (Å²) >= 11 is 0. The van der Waals surface area contributed by atoms with Gasteiger partial charge < -0.3 is 0 Å². The fourth-order valence-corrected chi connectivity index (χ4v) is 5.86. The summed E-state index contributed by atoms with van der Waals surface area (Å²) in [5.74, 6) is 19.2. The monoisotopic (exact) mass is 684 g/mol. The molecule has 252 valence electrons. The number of benzene rings is 3. The normalized spacial score (nSPS) is 9.78. The molecule has 6 aliphatic rings. The predicted octanol–water partition coefficient (Wildman–Crippen LogP) is 12.6. The summed E-state index contributed by atoms with van der Waals surface area (Å²) < 4.78 is 0. The van der Waals surface area contributed by atoms with Gasteiger partial charge in [-0.2, -0.15) is 0 Å². The van der Waals surface area contributed by atoms with Crippen LogP contribution in [0.4, 0.5) is 0 Å². The van der Waals surface area contributed by atoms with E-state index in [0.29, 0.717) is 0 Å². The fraction of sp³-hybridized carbons (Fsp3) is 0. The topological polar surface area (TPSA) is 0 Å². The van der Waals surface area contributed by atoms with Crippen molar-refractivity contribution >= 4 is 0 Å². The molecule has 0 saturated carbocycles. The van der Waals surface area contributed by atoms with Crippen molar-refractivity contribution in [3.8, 4) is 68.9 Å². The Morgan fingerprint density at radius 2 is 0.333 bits per heavy atom. The first-order valence-corrected chi connectivity index (χ1v) is 17.9. The molecular weight excluding hydrogens is 649 g/mol. The number of hydrogen-bond acceptors (Lipinski definition) is 0. The van der Waals surface area contributed by atoms with Crippen LogP contribution in [-0.4, -0.2) is 0 Å². The van der Waals surface area contributed by atoms with E-state index in [4.69, 9.17) is 0 Å². The van der Waals surface area contributed by atoms with E-state index in [-0.39, 0.29) is 0 Å². The zero-order chi connectivity index (χ0) is 36.6. The lowest BCUT2D eigenvalue weighted by atomic mass is 10.2. The third-order valence-electron chi connectivity index (χ3n) is 8.56. The van der Waals surface area contributed by atoms with Gasteiger partial charge in [-0.1, -0.05) is 181 Å². The SMILES string of the molecule is C(#Cc1cc2cccccc-2c1)c1ccccc1.C(#Cc1cc2cccccc-2c1)c1ccccc1.C(#Cc1cc2cccccc-2c1)c1ccccc1. The molecule has 0 unspecified atom stereocenters. The highest BCUT2D eigenvalue weighted by molar-refractivity contribution is 5.72. The molecule has 0 spiro atoms. The summed E-state index contributed by atoms with van der Waals surface area (Å²) in [6.07, 6.45) is 0. The molecule has 0 N–H and O–H groups in total. The van der Waals surface area contributed by atoms with Gasteiger partial charge in [-0.25, -0.2) is 0 Å². The summed E-state index contributed by atoms with van der Waals surface area (Å²) in [5.41, 5.74) is 13.8. The summed E-state index contributed by atoms with van der Waals surface area (Å²) in [6.45, 7) is 0. The van der Waals surface area contributed by atoms with E-state index in [1.54, 1.807) is 0 Å². The maximum Gasteiger partial charge on any atom is 0.0261 e. The van der Waals surface area contributed by atoms with Crippen molar-refractivity contribution in [1.82, 2.24) is 0 Å². The second-order valence-corrected chi connectivity index (χ2v) is 12.5. The average Bonchev–Trinajstić information content (AvgIpc) is 3.75. The van der Waals surface area contributed by atoms with Crippen molar-refractivity contribution in [2.24, 2.45) is 0 Å². The smallest absolute Gasteiger partial charge is 0.0261 e. The molecule has 0 aliphatic heterocycles. The van der Waals surface area contributed by atoms with Crippen molar-refractivity contribution in [1.29, 1.82) is 0 Å². The Morgan fingerprint density at radius 3 is 0.537 bits per heavy atom. The second-order valence-electron chi connectivity index (χ2n) is 12.5. The highest BCUT2D eigenvalue weighted by Crippen LogP contribution is 2.26. The van der Waals surface area contributed by atoms with Crippen LogP contribution in [0.1, 0.15) is 33.4 Å². The molecule has 0 amide bonds. The second kappa shape index (κ2) is 18.1. The highest BCUT2D eigenvalue weighted by atomic mass is 14.1. The van der Waals surface area contributed by atoms with E-state index < -0.39 is 0 Å². The molecule has 54 heavy (non-hydrogen) atoms. The Bertz CT molecular complexity index is 2260. The van der Waals surface area contributed by atoms with Crippen LogP contribution in [-0.2, 0) is 0 Å². The molecule has 0 heterocycles. The van der Waals surface area contributed by atoms with Crippen LogP contribution in [0, 0.1) is 35.5 Å². The van der Waals surface area contributed by atoms with Gasteiger partial charge in [0.25, 0.3) is 0 Å². The molecule has 6 aliphatic carbocycles. The molecule has 9 rings (SSSR count). The van der Waals surface area contributed by atoms with Crippen molar-refractivity contribution in [3.05, 3.63) is 252 Å². The van der Waals surface area contributed by atoms with Crippen molar-refractivity contribution in [3.63, 3.8) is 0 Å². The molecule has 0 aromatic heterocycles. The van der Waals surface area contributed by atoms with Crippen LogP contribution >= 0.6 is 0 Å². The summed E-state index contributed by atoms with van der Waals surface area (Å²) in [7, 11) is 0. The van der Waals surface area contributed by atoms with E-state index >= 15 is 0 Å². The largest absolute Gasteiger partial charge is 0.0622 e. The standard InChI is InChI=1S/3C18H12/c3*1-3-7-15(8-4-1)11-12-16-13-17-9-5-2-6-10-18(17)14-16/h3*1-10,13-14H. The minimum absolute atomic E-state index is 1.05. The van der Waals surface area contributed by atoms with E-state index in [1.807, 2.05) is 109 Å². The third-order valence-corrected chi connectivity index (χ3v) is 8.56. The summed E-state index contributed by atoms with van der Waals surface area (Å²) in [5, 5.41) is 0. The number of fused-ring (bicyclic) bond motifs is 3. The van der Waals surface area contributed by atoms with Gasteiger partial charge in [-0.3, -0.25) is 0 Å². The first kappa shape index (κ1) is 34.9. The van der Waals surface area contributed by atoms with Gasteiger partial charge in [0.15, 0.2) is 0 Å². The molecule has 0 fully saturated rings. The molecule has 0 saturated heterocycles. The molecule has 0 nitrogen and oxygen atoms in total. The first-order chi connectivity index (χ1) is 26.7. The lowest BCUT2D eigenvalue weighted by Gasteiger charge is -1.85. The van der Waals surface area contributed by atoms with Crippen LogP contribution in [0.2, 0.25) is 0 Å². The van der Waals surface area contributed by atoms with Gasteiger partial charge in [-0.15, -0.1) is 0 Å². The van der Waals surface area contributed by atoms with E-state index in [1.165, 1.54) is 33.4 Å². The van der Waals surface area contributed by atoms with Gasteiger partial charge in [0, 0.05) is 33.4 Å². The van der Waals surface area contributed by atoms with Crippen LogP contribution in [0.15, 0.2) is 218 Å². The number of hydrogen-bond donors (Lipinski definition) is 0. The van der Waals surface area contributed by atoms with Gasteiger partial charge >= 0.3 is 0 Å². The van der Waals surface area contributed by atoms with Gasteiger partial charge in [0.2, 0.25) is 0 Å². The maximum atomic E-state index is 3.21. The van der Waals surface area contributed by atoms with E-state index in [0.717, 1.165) is 33.4 Å². The van der Waals surface area contributed by atoms with Crippen LogP contribution in [0.5, 0.6) is 0 Å². The minimum Gasteiger partial charge on any atom is -0.0622 e. The quantitative estimate of drug-likeness (QED) is 0.140. The highest BCUT2D eigenvalue weighted by Gasteiger charge is 2.04. The molecule has 0 radical (unpaired) electrons. The third kappa shape index (κ3) is 10.0. The van der Waals surface area contributed by atoms with Crippen LogP contribution in [0.3, 0.4) is 0 Å². The first-order valence-electron chi connectivity index (χ1n) is 17.9. The van der Waals surface area contributed by atoms with E-state index in [2.05, 4.69) is 145 Å². The van der Waals surface area contributed by atoms with Crippen LogP contribution in [0.25, 0.3) is 33.4 Å². The zero-order valence-electron chi connectivity index (χ0n) is 29.8. The average molecular weight is 685 g/mol. The molecular formula is C54H36. The minimum atomic E-state index is 1.05. The fourth-order valence-electron chi connectivity index (χ4n) is 5.86. The lowest BCUT2D eigenvalue weighted by Crippen LogP contribution is -1.71. The lowest BCUT2D eigenvalue weighted by molar-refractivity contribution is 1.65. The van der Waals surface area contributed by atoms with Gasteiger partial charge in [0.05, 0.1) is 0 Å². The molecule has 0 heteroatoms. The molecule has 0 atom stereocenters.